The Bertz CT molecular complexity index is 2970. The standard InChI is InChI=1S/C59H49N/c1-4-11-39(12-5-1)29-49(46-25-23-44(24-26-46)42-13-6-2-7-14-42)30-40-19-21-45(22-20-40)48-27-28-53-57-37-56-54-33-41-31-50(54)34-51(32-41)55(56)38-59(57)60(58(53)36-48)52-18-10-17-47(35-52)43-15-8-3-9-16-43/h1-28,35-38,41,49-51,54H,29-34H2. The van der Waals surface area contributed by atoms with Crippen molar-refractivity contribution in [3.05, 3.63) is 222 Å². The fourth-order valence-corrected chi connectivity index (χ4v) is 11.8. The average molecular weight is 772 g/mol. The molecule has 8 aromatic carbocycles. The van der Waals surface area contributed by atoms with Crippen molar-refractivity contribution in [2.75, 3.05) is 0 Å². The zero-order valence-electron chi connectivity index (χ0n) is 34.1. The second kappa shape index (κ2) is 14.7. The minimum atomic E-state index is 0.373. The van der Waals surface area contributed by atoms with Crippen LogP contribution in [0, 0.1) is 11.8 Å². The van der Waals surface area contributed by atoms with Gasteiger partial charge in [-0.25, -0.2) is 0 Å². The number of hydrogen-bond donors (Lipinski definition) is 0. The number of nitrogens with zero attached hydrogens (tertiary/aromatic N) is 1. The van der Waals surface area contributed by atoms with Crippen LogP contribution in [-0.2, 0) is 12.8 Å². The number of hydrogen-bond acceptors (Lipinski definition) is 0. The Kier molecular flexibility index (Phi) is 8.69. The molecule has 1 heteroatoms. The Morgan fingerprint density at radius 3 is 1.75 bits per heavy atom. The fraction of sp³-hybridized carbons (Fsp3) is 0.186. The van der Waals surface area contributed by atoms with Crippen molar-refractivity contribution < 1.29 is 0 Å². The molecule has 0 aliphatic heterocycles. The molecule has 0 radical (unpaired) electrons. The molecule has 5 atom stereocenters. The zero-order chi connectivity index (χ0) is 39.6. The van der Waals surface area contributed by atoms with Gasteiger partial charge >= 0.3 is 0 Å². The highest BCUT2D eigenvalue weighted by Crippen LogP contribution is 2.61. The van der Waals surface area contributed by atoms with E-state index in [-0.39, 0.29) is 0 Å². The lowest BCUT2D eigenvalue weighted by molar-refractivity contribution is 0.297. The van der Waals surface area contributed by atoms with Gasteiger partial charge in [0.05, 0.1) is 11.0 Å². The molecule has 3 bridgehead atoms. The first kappa shape index (κ1) is 35.5. The van der Waals surface area contributed by atoms with Crippen LogP contribution in [0.2, 0.25) is 0 Å². The molecule has 1 heterocycles. The van der Waals surface area contributed by atoms with E-state index in [1.165, 1.54) is 103 Å². The Labute approximate surface area is 354 Å². The maximum Gasteiger partial charge on any atom is 0.0547 e. The van der Waals surface area contributed by atoms with Gasteiger partial charge < -0.3 is 4.57 Å². The zero-order valence-corrected chi connectivity index (χ0v) is 34.1. The summed E-state index contributed by atoms with van der Waals surface area (Å²) in [6.07, 6.45) is 7.60. The highest BCUT2D eigenvalue weighted by Gasteiger charge is 2.47. The first-order chi connectivity index (χ1) is 29.7. The van der Waals surface area contributed by atoms with Crippen LogP contribution in [0.25, 0.3) is 60.9 Å². The van der Waals surface area contributed by atoms with Crippen molar-refractivity contribution in [2.24, 2.45) is 11.8 Å². The van der Waals surface area contributed by atoms with Crippen LogP contribution in [0.4, 0.5) is 0 Å². The monoisotopic (exact) mass is 771 g/mol. The molecule has 2 saturated carbocycles. The van der Waals surface area contributed by atoms with Gasteiger partial charge in [0, 0.05) is 16.5 Å². The number of rotatable bonds is 9. The first-order valence-corrected chi connectivity index (χ1v) is 22.2. The molecule has 290 valence electrons. The summed E-state index contributed by atoms with van der Waals surface area (Å²) in [4.78, 5) is 0. The van der Waals surface area contributed by atoms with Crippen LogP contribution in [0.1, 0.15) is 71.3 Å². The molecule has 9 aromatic rings. The second-order valence-electron chi connectivity index (χ2n) is 18.1. The predicted octanol–water partition coefficient (Wildman–Crippen LogP) is 15.4. The van der Waals surface area contributed by atoms with E-state index in [0.717, 1.165) is 30.6 Å². The lowest BCUT2D eigenvalue weighted by atomic mass is 9.69. The average Bonchev–Trinajstić information content (AvgIpc) is 3.76. The van der Waals surface area contributed by atoms with Gasteiger partial charge in [0.15, 0.2) is 0 Å². The smallest absolute Gasteiger partial charge is 0.0547 e. The van der Waals surface area contributed by atoms with Gasteiger partial charge in [-0.2, -0.15) is 0 Å². The van der Waals surface area contributed by atoms with Gasteiger partial charge in [-0.15, -0.1) is 0 Å². The number of aromatic nitrogens is 1. The Morgan fingerprint density at radius 2 is 1.00 bits per heavy atom. The third-order valence-electron chi connectivity index (χ3n) is 14.6. The van der Waals surface area contributed by atoms with E-state index >= 15 is 0 Å². The van der Waals surface area contributed by atoms with Crippen molar-refractivity contribution in [3.63, 3.8) is 0 Å². The lowest BCUT2D eigenvalue weighted by Crippen LogP contribution is -2.22. The Morgan fingerprint density at radius 1 is 0.417 bits per heavy atom. The molecule has 2 fully saturated rings. The summed E-state index contributed by atoms with van der Waals surface area (Å²) in [6, 6.07) is 72.9. The second-order valence-corrected chi connectivity index (χ2v) is 18.1. The molecule has 3 aliphatic rings. The van der Waals surface area contributed by atoms with E-state index in [2.05, 4.69) is 199 Å². The topological polar surface area (TPSA) is 4.93 Å². The van der Waals surface area contributed by atoms with Crippen LogP contribution in [-0.4, -0.2) is 4.57 Å². The quantitative estimate of drug-likeness (QED) is 0.138. The third kappa shape index (κ3) is 6.31. The van der Waals surface area contributed by atoms with Gasteiger partial charge in [-0.3, -0.25) is 0 Å². The summed E-state index contributed by atoms with van der Waals surface area (Å²) in [5, 5.41) is 2.76. The van der Waals surface area contributed by atoms with E-state index in [0.29, 0.717) is 11.8 Å². The summed E-state index contributed by atoms with van der Waals surface area (Å²) in [6.45, 7) is 0. The molecule has 0 saturated heterocycles. The van der Waals surface area contributed by atoms with E-state index in [4.69, 9.17) is 0 Å². The van der Waals surface area contributed by atoms with Crippen molar-refractivity contribution in [3.8, 4) is 39.1 Å². The lowest BCUT2D eigenvalue weighted by Gasteiger charge is -2.36. The normalized spacial score (nSPS) is 19.5. The molecule has 60 heavy (non-hydrogen) atoms. The molecule has 3 aliphatic carbocycles. The first-order valence-electron chi connectivity index (χ1n) is 22.2. The maximum atomic E-state index is 2.64. The third-order valence-corrected chi connectivity index (χ3v) is 14.6. The van der Waals surface area contributed by atoms with Crippen molar-refractivity contribution in [1.29, 1.82) is 0 Å². The van der Waals surface area contributed by atoms with E-state index in [9.17, 15) is 0 Å². The minimum Gasteiger partial charge on any atom is -0.309 e. The minimum absolute atomic E-state index is 0.373. The van der Waals surface area contributed by atoms with Crippen LogP contribution in [0.15, 0.2) is 194 Å². The van der Waals surface area contributed by atoms with Crippen LogP contribution in [0.5, 0.6) is 0 Å². The van der Waals surface area contributed by atoms with Crippen molar-refractivity contribution >= 4 is 21.8 Å². The Balaban J connectivity index is 0.920. The van der Waals surface area contributed by atoms with E-state index in [1.54, 1.807) is 11.1 Å². The molecule has 1 aromatic heterocycles. The summed E-state index contributed by atoms with van der Waals surface area (Å²) < 4.78 is 2.58. The molecular formula is C59H49N. The summed E-state index contributed by atoms with van der Waals surface area (Å²) in [7, 11) is 0. The van der Waals surface area contributed by atoms with Gasteiger partial charge in [0.1, 0.15) is 0 Å². The fourth-order valence-electron chi connectivity index (χ4n) is 11.8. The SMILES string of the molecule is c1ccc(CC(Cc2ccc(-c3ccc4c5cc6c(cc5n(-c5cccc(-c7ccccc7)c5)c4c3)C3CC4CC(C3)C6C4)cc2)c2ccc(-c3ccccc3)cc2)cc1. The van der Waals surface area contributed by atoms with Crippen LogP contribution < -0.4 is 0 Å². The van der Waals surface area contributed by atoms with Gasteiger partial charge in [-0.1, -0.05) is 164 Å². The summed E-state index contributed by atoms with van der Waals surface area (Å²) in [5.74, 6) is 3.63. The largest absolute Gasteiger partial charge is 0.309 e. The van der Waals surface area contributed by atoms with Gasteiger partial charge in [-0.05, 0) is 160 Å². The molecular weight excluding hydrogens is 723 g/mol. The molecule has 12 rings (SSSR count). The van der Waals surface area contributed by atoms with Crippen LogP contribution >= 0.6 is 0 Å². The van der Waals surface area contributed by atoms with Crippen molar-refractivity contribution in [1.82, 2.24) is 4.57 Å². The molecule has 0 spiro atoms. The molecule has 0 amide bonds. The number of fused-ring (bicyclic) bond motifs is 8. The molecule has 0 N–H and O–H groups in total. The maximum absolute atomic E-state index is 2.64. The number of benzene rings is 8. The molecule has 1 nitrogen and oxygen atoms in total. The highest BCUT2D eigenvalue weighted by atomic mass is 15.0. The molecule has 5 unspecified atom stereocenters. The van der Waals surface area contributed by atoms with E-state index in [1.807, 2.05) is 0 Å². The van der Waals surface area contributed by atoms with Gasteiger partial charge in [0.25, 0.3) is 0 Å². The highest BCUT2D eigenvalue weighted by molar-refractivity contribution is 6.11. The summed E-state index contributed by atoms with van der Waals surface area (Å²) >= 11 is 0. The summed E-state index contributed by atoms with van der Waals surface area (Å²) in [5.41, 5.74) is 18.9. The Hall–Kier alpha value is -6.44. The van der Waals surface area contributed by atoms with E-state index < -0.39 is 0 Å². The van der Waals surface area contributed by atoms with Crippen molar-refractivity contribution in [2.45, 2.75) is 56.3 Å². The van der Waals surface area contributed by atoms with Gasteiger partial charge in [0.2, 0.25) is 0 Å². The van der Waals surface area contributed by atoms with Crippen LogP contribution in [0.3, 0.4) is 0 Å². The predicted molar refractivity (Wildman–Crippen MR) is 251 cm³/mol.